The fourth-order valence-corrected chi connectivity index (χ4v) is 3.84. The van der Waals surface area contributed by atoms with Crippen LogP contribution in [0.4, 0.5) is 4.79 Å². The van der Waals surface area contributed by atoms with Crippen molar-refractivity contribution in [3.8, 4) is 18.1 Å². The minimum absolute atomic E-state index is 0.0673. The van der Waals surface area contributed by atoms with Crippen molar-refractivity contribution < 1.29 is 28.5 Å². The molecule has 222 valence electrons. The monoisotopic (exact) mass is 559 g/mol. The highest BCUT2D eigenvalue weighted by Gasteiger charge is 2.29. The molecule has 0 N–H and O–H groups in total. The van der Waals surface area contributed by atoms with Crippen LogP contribution in [0.5, 0.6) is 5.75 Å². The van der Waals surface area contributed by atoms with Gasteiger partial charge < -0.3 is 28.7 Å². The number of carbonyl (C=O) groups is 2. The van der Waals surface area contributed by atoms with E-state index in [0.717, 1.165) is 11.3 Å². The average Bonchev–Trinajstić information content (AvgIpc) is 2.90. The molecule has 0 saturated carbocycles. The summed E-state index contributed by atoms with van der Waals surface area (Å²) in [6.45, 7) is 10.9. The largest absolute Gasteiger partial charge is 0.497 e. The Hall–Kier alpha value is -3.45. The fraction of sp³-hybridized carbons (Fsp3) is 0.655. The summed E-state index contributed by atoms with van der Waals surface area (Å²) >= 11 is 0. The van der Waals surface area contributed by atoms with E-state index in [9.17, 15) is 9.59 Å². The van der Waals surface area contributed by atoms with Gasteiger partial charge >= 0.3 is 6.09 Å². The molecular formula is C29H45N5O6. The molecule has 0 fully saturated rings. The maximum Gasteiger partial charge on any atom is 0.410 e. The molecule has 0 aliphatic heterocycles. The second-order valence-electron chi connectivity index (χ2n) is 10.7. The Balaban J connectivity index is 2.96. The number of nitrogens with zero attached hydrogens (tertiary/aromatic N) is 5. The summed E-state index contributed by atoms with van der Waals surface area (Å²) < 4.78 is 22.5. The van der Waals surface area contributed by atoms with Crippen molar-refractivity contribution in [2.75, 3.05) is 47.0 Å². The van der Waals surface area contributed by atoms with Crippen molar-refractivity contribution >= 4 is 12.0 Å². The molecular weight excluding hydrogens is 514 g/mol. The minimum atomic E-state index is -0.633. The third-order valence-electron chi connectivity index (χ3n) is 6.01. The van der Waals surface area contributed by atoms with Crippen LogP contribution >= 0.6 is 0 Å². The average molecular weight is 560 g/mol. The molecule has 11 heteroatoms. The predicted octanol–water partition coefficient (Wildman–Crippen LogP) is 5.04. The number of rotatable bonds is 17. The summed E-state index contributed by atoms with van der Waals surface area (Å²) in [7, 11) is 3.26. The fourth-order valence-electron chi connectivity index (χ4n) is 3.84. The van der Waals surface area contributed by atoms with Gasteiger partial charge in [0.25, 0.3) is 0 Å². The maximum atomic E-state index is 13.3. The highest BCUT2D eigenvalue weighted by Crippen LogP contribution is 2.18. The lowest BCUT2D eigenvalue weighted by Gasteiger charge is -2.35. The van der Waals surface area contributed by atoms with E-state index < -0.39 is 17.8 Å². The van der Waals surface area contributed by atoms with Crippen molar-refractivity contribution in [1.29, 1.82) is 0 Å². The van der Waals surface area contributed by atoms with E-state index in [-0.39, 0.29) is 44.0 Å². The van der Waals surface area contributed by atoms with E-state index in [1.807, 2.05) is 38.1 Å². The van der Waals surface area contributed by atoms with Crippen molar-refractivity contribution in [3.05, 3.63) is 40.3 Å². The van der Waals surface area contributed by atoms with Gasteiger partial charge in [-0.3, -0.25) is 4.79 Å². The highest BCUT2D eigenvalue weighted by atomic mass is 16.6. The Morgan fingerprint density at radius 2 is 1.85 bits per heavy atom. The Bertz CT molecular complexity index is 998. The molecule has 0 spiro atoms. The quantitative estimate of drug-likeness (QED) is 0.0865. The topological polar surface area (TPSA) is 126 Å². The molecule has 0 bridgehead atoms. The van der Waals surface area contributed by atoms with Gasteiger partial charge in [0, 0.05) is 37.4 Å². The zero-order valence-electron chi connectivity index (χ0n) is 25.0. The van der Waals surface area contributed by atoms with E-state index in [0.29, 0.717) is 26.2 Å². The number of hydrogen-bond donors (Lipinski definition) is 0. The first kappa shape index (κ1) is 34.6. The standard InChI is InChI=1S/C29H45N5O6/c1-9-17-39-26(19-33(7)28(36)40-29(4,5)6)22(2)18-34(27(35)11-10-16-31-32-30)23(3)20-38-21-24-12-14-25(37-8)15-13-24/h1,12-15,22-23,26H,10-11,16-21H2,2-8H3. The normalized spacial score (nSPS) is 13.2. The van der Waals surface area contributed by atoms with E-state index in [1.54, 1.807) is 39.8 Å². The maximum absolute atomic E-state index is 13.3. The molecule has 0 saturated heterocycles. The van der Waals surface area contributed by atoms with Gasteiger partial charge in [-0.1, -0.05) is 30.1 Å². The number of carbonyl (C=O) groups excluding carboxylic acids is 2. The van der Waals surface area contributed by atoms with Gasteiger partial charge in [-0.15, -0.1) is 6.42 Å². The second-order valence-corrected chi connectivity index (χ2v) is 10.7. The van der Waals surface area contributed by atoms with Crippen LogP contribution in [0.1, 0.15) is 53.0 Å². The van der Waals surface area contributed by atoms with E-state index >= 15 is 0 Å². The van der Waals surface area contributed by atoms with E-state index in [2.05, 4.69) is 15.9 Å². The molecule has 1 aromatic rings. The summed E-state index contributed by atoms with van der Waals surface area (Å²) in [4.78, 5) is 31.8. The van der Waals surface area contributed by atoms with Gasteiger partial charge in [-0.25, -0.2) is 4.79 Å². The van der Waals surface area contributed by atoms with E-state index in [4.69, 9.17) is 30.9 Å². The van der Waals surface area contributed by atoms with Crippen LogP contribution in [0, 0.1) is 18.3 Å². The summed E-state index contributed by atoms with van der Waals surface area (Å²) in [5.74, 6) is 2.98. The zero-order valence-corrected chi connectivity index (χ0v) is 25.0. The van der Waals surface area contributed by atoms with Gasteiger partial charge in [0.15, 0.2) is 0 Å². The molecule has 0 heterocycles. The summed E-state index contributed by atoms with van der Waals surface area (Å²) in [6.07, 6.45) is 5.19. The lowest BCUT2D eigenvalue weighted by atomic mass is 10.0. The zero-order chi connectivity index (χ0) is 30.1. The Morgan fingerprint density at radius 3 is 2.42 bits per heavy atom. The third kappa shape index (κ3) is 13.6. The summed E-state index contributed by atoms with van der Waals surface area (Å²) in [6, 6.07) is 7.35. The molecule has 0 radical (unpaired) electrons. The molecule has 0 aliphatic rings. The van der Waals surface area contributed by atoms with E-state index in [1.165, 1.54) is 4.90 Å². The predicted molar refractivity (Wildman–Crippen MR) is 154 cm³/mol. The number of hydrogen-bond acceptors (Lipinski definition) is 7. The third-order valence-corrected chi connectivity index (χ3v) is 6.01. The number of ether oxygens (including phenoxy) is 4. The van der Waals surface area contributed by atoms with Crippen LogP contribution in [0.2, 0.25) is 0 Å². The number of amides is 2. The van der Waals surface area contributed by atoms with Crippen molar-refractivity contribution in [1.82, 2.24) is 9.80 Å². The first-order chi connectivity index (χ1) is 18.9. The van der Waals surface area contributed by atoms with Crippen molar-refractivity contribution in [2.45, 2.75) is 71.8 Å². The highest BCUT2D eigenvalue weighted by molar-refractivity contribution is 5.76. The number of terminal acetylenes is 1. The number of likely N-dealkylation sites (N-methyl/N-ethyl adjacent to an activating group) is 1. The Kier molecular flexibility index (Phi) is 15.6. The first-order valence-corrected chi connectivity index (χ1v) is 13.4. The Labute approximate surface area is 238 Å². The van der Waals surface area contributed by atoms with Gasteiger partial charge in [0.2, 0.25) is 5.91 Å². The number of methoxy groups -OCH3 is 1. The molecule has 2 amide bonds. The van der Waals surface area contributed by atoms with Crippen LogP contribution in [-0.2, 0) is 25.6 Å². The van der Waals surface area contributed by atoms with Gasteiger partial charge in [0.1, 0.15) is 18.0 Å². The first-order valence-electron chi connectivity index (χ1n) is 13.4. The smallest absolute Gasteiger partial charge is 0.410 e. The molecule has 1 aromatic carbocycles. The summed E-state index contributed by atoms with van der Waals surface area (Å²) in [5, 5.41) is 3.53. The molecule has 40 heavy (non-hydrogen) atoms. The lowest BCUT2D eigenvalue weighted by molar-refractivity contribution is -0.136. The SMILES string of the molecule is C#CCOC(CN(C)C(=O)OC(C)(C)C)C(C)CN(C(=O)CCCN=[N+]=[N-])C(C)COCc1ccc(OC)cc1. The second kappa shape index (κ2) is 18.0. The van der Waals surface area contributed by atoms with Crippen LogP contribution in [-0.4, -0.2) is 86.6 Å². The summed E-state index contributed by atoms with van der Waals surface area (Å²) in [5.41, 5.74) is 8.90. The Morgan fingerprint density at radius 1 is 1.18 bits per heavy atom. The van der Waals surface area contributed by atoms with Crippen molar-refractivity contribution in [2.24, 2.45) is 11.0 Å². The molecule has 0 aromatic heterocycles. The molecule has 3 atom stereocenters. The number of azide groups is 1. The van der Waals surface area contributed by atoms with Gasteiger partial charge in [0.05, 0.1) is 39.0 Å². The number of benzene rings is 1. The molecule has 11 nitrogen and oxygen atoms in total. The van der Waals surface area contributed by atoms with Crippen molar-refractivity contribution in [3.63, 3.8) is 0 Å². The molecule has 1 rings (SSSR count). The van der Waals surface area contributed by atoms with Crippen LogP contribution < -0.4 is 4.74 Å². The van der Waals surface area contributed by atoms with Gasteiger partial charge in [-0.05, 0) is 57.3 Å². The van der Waals surface area contributed by atoms with Crippen LogP contribution in [0.15, 0.2) is 29.4 Å². The van der Waals surface area contributed by atoms with Crippen LogP contribution in [0.25, 0.3) is 10.4 Å². The molecule has 3 unspecified atom stereocenters. The molecule has 0 aliphatic carbocycles. The van der Waals surface area contributed by atoms with Gasteiger partial charge in [-0.2, -0.15) is 0 Å². The minimum Gasteiger partial charge on any atom is -0.497 e. The lowest BCUT2D eigenvalue weighted by Crippen LogP contribution is -2.48. The van der Waals surface area contributed by atoms with Crippen LogP contribution in [0.3, 0.4) is 0 Å².